The number of urea groups is 1. The third-order valence-electron chi connectivity index (χ3n) is 3.79. The summed E-state index contributed by atoms with van der Waals surface area (Å²) in [5.74, 6) is 1.48. The quantitative estimate of drug-likeness (QED) is 0.866. The van der Waals surface area contributed by atoms with Gasteiger partial charge in [0.1, 0.15) is 12.4 Å². The van der Waals surface area contributed by atoms with Crippen LogP contribution in [0.1, 0.15) is 30.9 Å². The SMILES string of the molecule is Cc1cc(C)cc(OCCNC(=O)N2CCCC(C)C2)c1. The van der Waals surface area contributed by atoms with E-state index in [9.17, 15) is 4.79 Å². The molecule has 1 saturated heterocycles. The number of amides is 2. The molecule has 1 aromatic carbocycles. The Morgan fingerprint density at radius 1 is 1.33 bits per heavy atom. The molecular weight excluding hydrogens is 264 g/mol. The predicted octanol–water partition coefficient (Wildman–Crippen LogP) is 3.12. The second-order valence-electron chi connectivity index (χ2n) is 6.10. The second kappa shape index (κ2) is 7.34. The van der Waals surface area contributed by atoms with Gasteiger partial charge in [0.15, 0.2) is 0 Å². The summed E-state index contributed by atoms with van der Waals surface area (Å²) in [4.78, 5) is 13.9. The molecule has 0 saturated carbocycles. The lowest BCUT2D eigenvalue weighted by molar-refractivity contribution is 0.167. The molecule has 4 nitrogen and oxygen atoms in total. The summed E-state index contributed by atoms with van der Waals surface area (Å²) in [6.07, 6.45) is 2.33. The Bertz CT molecular complexity index is 467. The highest BCUT2D eigenvalue weighted by Gasteiger charge is 2.20. The van der Waals surface area contributed by atoms with Gasteiger partial charge in [0.05, 0.1) is 6.54 Å². The Kier molecular flexibility index (Phi) is 5.48. The number of piperidine rings is 1. The predicted molar refractivity (Wildman–Crippen MR) is 84.8 cm³/mol. The molecule has 2 amide bonds. The number of aryl methyl sites for hydroxylation is 2. The normalized spacial score (nSPS) is 18.4. The van der Waals surface area contributed by atoms with Crippen LogP contribution in [-0.4, -0.2) is 37.2 Å². The molecule has 2 rings (SSSR count). The van der Waals surface area contributed by atoms with Gasteiger partial charge in [-0.3, -0.25) is 0 Å². The van der Waals surface area contributed by atoms with Crippen molar-refractivity contribution >= 4 is 6.03 Å². The number of hydrogen-bond acceptors (Lipinski definition) is 2. The van der Waals surface area contributed by atoms with Crippen molar-refractivity contribution in [3.63, 3.8) is 0 Å². The molecule has 1 aliphatic rings. The number of hydrogen-bond donors (Lipinski definition) is 1. The third kappa shape index (κ3) is 4.96. The molecule has 0 bridgehead atoms. The van der Waals surface area contributed by atoms with Gasteiger partial charge in [0, 0.05) is 13.1 Å². The van der Waals surface area contributed by atoms with Crippen molar-refractivity contribution in [1.82, 2.24) is 10.2 Å². The number of benzene rings is 1. The van der Waals surface area contributed by atoms with Crippen LogP contribution in [0.2, 0.25) is 0 Å². The molecule has 1 aromatic rings. The van der Waals surface area contributed by atoms with Gasteiger partial charge in [-0.2, -0.15) is 0 Å². The van der Waals surface area contributed by atoms with Crippen LogP contribution in [-0.2, 0) is 0 Å². The summed E-state index contributed by atoms with van der Waals surface area (Å²) in [5.41, 5.74) is 2.38. The average molecular weight is 290 g/mol. The lowest BCUT2D eigenvalue weighted by Gasteiger charge is -2.30. The highest BCUT2D eigenvalue weighted by Crippen LogP contribution is 2.16. The monoisotopic (exact) mass is 290 g/mol. The van der Waals surface area contributed by atoms with Crippen LogP contribution >= 0.6 is 0 Å². The fraction of sp³-hybridized carbons (Fsp3) is 0.588. The summed E-state index contributed by atoms with van der Waals surface area (Å²) in [6.45, 7) is 9.08. The van der Waals surface area contributed by atoms with Crippen LogP contribution < -0.4 is 10.1 Å². The van der Waals surface area contributed by atoms with Crippen molar-refractivity contribution < 1.29 is 9.53 Å². The van der Waals surface area contributed by atoms with E-state index >= 15 is 0 Å². The molecule has 0 radical (unpaired) electrons. The topological polar surface area (TPSA) is 41.6 Å². The van der Waals surface area contributed by atoms with E-state index in [2.05, 4.69) is 32.2 Å². The van der Waals surface area contributed by atoms with E-state index in [0.717, 1.165) is 25.3 Å². The number of likely N-dealkylation sites (tertiary alicyclic amines) is 1. The van der Waals surface area contributed by atoms with Crippen molar-refractivity contribution in [2.45, 2.75) is 33.6 Å². The van der Waals surface area contributed by atoms with Crippen LogP contribution in [0.25, 0.3) is 0 Å². The van der Waals surface area contributed by atoms with Gasteiger partial charge in [-0.05, 0) is 55.9 Å². The van der Waals surface area contributed by atoms with Crippen LogP contribution in [0.15, 0.2) is 18.2 Å². The summed E-state index contributed by atoms with van der Waals surface area (Å²) in [5, 5.41) is 2.93. The zero-order valence-corrected chi connectivity index (χ0v) is 13.3. The molecule has 116 valence electrons. The minimum Gasteiger partial charge on any atom is -0.492 e. The first-order valence-corrected chi connectivity index (χ1v) is 7.78. The first kappa shape index (κ1) is 15.7. The molecule has 0 spiro atoms. The number of ether oxygens (including phenoxy) is 1. The van der Waals surface area contributed by atoms with E-state index in [-0.39, 0.29) is 6.03 Å². The number of carbonyl (C=O) groups is 1. The van der Waals surface area contributed by atoms with Crippen molar-refractivity contribution in [1.29, 1.82) is 0 Å². The number of nitrogens with one attached hydrogen (secondary N) is 1. The van der Waals surface area contributed by atoms with Gasteiger partial charge in [-0.15, -0.1) is 0 Å². The smallest absolute Gasteiger partial charge is 0.317 e. The van der Waals surface area contributed by atoms with Crippen LogP contribution in [0.4, 0.5) is 4.79 Å². The van der Waals surface area contributed by atoms with E-state index in [1.807, 2.05) is 17.0 Å². The van der Waals surface area contributed by atoms with Gasteiger partial charge >= 0.3 is 6.03 Å². The molecule has 1 N–H and O–H groups in total. The summed E-state index contributed by atoms with van der Waals surface area (Å²) in [7, 11) is 0. The van der Waals surface area contributed by atoms with E-state index in [1.54, 1.807) is 0 Å². The number of carbonyl (C=O) groups excluding carboxylic acids is 1. The lowest BCUT2D eigenvalue weighted by atomic mass is 10.0. The molecule has 0 aliphatic carbocycles. The zero-order chi connectivity index (χ0) is 15.2. The van der Waals surface area contributed by atoms with E-state index in [0.29, 0.717) is 19.1 Å². The highest BCUT2D eigenvalue weighted by atomic mass is 16.5. The van der Waals surface area contributed by atoms with E-state index in [4.69, 9.17) is 4.74 Å². The molecule has 1 unspecified atom stereocenters. The Morgan fingerprint density at radius 3 is 2.71 bits per heavy atom. The minimum atomic E-state index is 0.0329. The Balaban J connectivity index is 1.70. The summed E-state index contributed by atoms with van der Waals surface area (Å²) < 4.78 is 5.69. The fourth-order valence-corrected chi connectivity index (χ4v) is 2.83. The van der Waals surface area contributed by atoms with Crippen molar-refractivity contribution in [3.05, 3.63) is 29.3 Å². The van der Waals surface area contributed by atoms with Gasteiger partial charge < -0.3 is 15.0 Å². The standard InChI is InChI=1S/C17H26N2O2/c1-13-5-4-7-19(12-13)17(20)18-6-8-21-16-10-14(2)9-15(3)11-16/h9-11,13H,4-8,12H2,1-3H3,(H,18,20). The molecule has 1 fully saturated rings. The molecule has 0 aromatic heterocycles. The summed E-state index contributed by atoms with van der Waals surface area (Å²) in [6, 6.07) is 6.18. The maximum atomic E-state index is 12.0. The molecular formula is C17H26N2O2. The van der Waals surface area contributed by atoms with Gasteiger partial charge in [-0.25, -0.2) is 4.79 Å². The van der Waals surface area contributed by atoms with E-state index in [1.165, 1.54) is 17.5 Å². The molecule has 1 aliphatic heterocycles. The minimum absolute atomic E-state index is 0.0329. The highest BCUT2D eigenvalue weighted by molar-refractivity contribution is 5.74. The van der Waals surface area contributed by atoms with E-state index < -0.39 is 0 Å². The van der Waals surface area contributed by atoms with Crippen molar-refractivity contribution in [2.24, 2.45) is 5.92 Å². The first-order valence-electron chi connectivity index (χ1n) is 7.78. The van der Waals surface area contributed by atoms with Crippen molar-refractivity contribution in [3.8, 4) is 5.75 Å². The fourth-order valence-electron chi connectivity index (χ4n) is 2.83. The largest absolute Gasteiger partial charge is 0.492 e. The Hall–Kier alpha value is -1.71. The van der Waals surface area contributed by atoms with Gasteiger partial charge in [0.2, 0.25) is 0 Å². The second-order valence-corrected chi connectivity index (χ2v) is 6.10. The summed E-state index contributed by atoms with van der Waals surface area (Å²) >= 11 is 0. The average Bonchev–Trinajstić information content (AvgIpc) is 2.42. The maximum absolute atomic E-state index is 12.0. The maximum Gasteiger partial charge on any atom is 0.317 e. The molecule has 1 heterocycles. The van der Waals surface area contributed by atoms with Crippen LogP contribution in [0.5, 0.6) is 5.75 Å². The molecule has 4 heteroatoms. The van der Waals surface area contributed by atoms with Crippen LogP contribution in [0.3, 0.4) is 0 Å². The third-order valence-corrected chi connectivity index (χ3v) is 3.79. The first-order chi connectivity index (χ1) is 10.0. The van der Waals surface area contributed by atoms with Crippen LogP contribution in [0, 0.1) is 19.8 Å². The van der Waals surface area contributed by atoms with Crippen molar-refractivity contribution in [2.75, 3.05) is 26.2 Å². The molecule has 1 atom stereocenters. The Labute approximate surface area is 127 Å². The van der Waals surface area contributed by atoms with Gasteiger partial charge in [-0.1, -0.05) is 13.0 Å². The zero-order valence-electron chi connectivity index (χ0n) is 13.3. The Morgan fingerprint density at radius 2 is 2.05 bits per heavy atom. The number of nitrogens with zero attached hydrogens (tertiary/aromatic N) is 1. The number of rotatable bonds is 4. The van der Waals surface area contributed by atoms with Gasteiger partial charge in [0.25, 0.3) is 0 Å². The molecule has 21 heavy (non-hydrogen) atoms. The lowest BCUT2D eigenvalue weighted by Crippen LogP contribution is -2.45.